The topological polar surface area (TPSA) is 135 Å². The zero-order valence-corrected chi connectivity index (χ0v) is 19.6. The van der Waals surface area contributed by atoms with Gasteiger partial charge in [-0.25, -0.2) is 0 Å². The maximum Gasteiger partial charge on any atom is 0.292 e. The Morgan fingerprint density at radius 3 is 2.42 bits per heavy atom. The zero-order valence-electron chi connectivity index (χ0n) is 18.8. The molecular formula is C24H19N5O6S. The smallest absolute Gasteiger partial charge is 0.292 e. The maximum atomic E-state index is 12.5. The third-order valence-electron chi connectivity index (χ3n) is 5.82. The highest BCUT2D eigenvalue weighted by atomic mass is 32.2. The average Bonchev–Trinajstić information content (AvgIpc) is 3.51. The van der Waals surface area contributed by atoms with E-state index in [1.165, 1.54) is 30.0 Å². The van der Waals surface area contributed by atoms with Gasteiger partial charge in [-0.2, -0.15) is 4.99 Å². The fourth-order valence-corrected chi connectivity index (χ4v) is 4.99. The van der Waals surface area contributed by atoms with Gasteiger partial charge in [0.05, 0.1) is 14.8 Å². The van der Waals surface area contributed by atoms with Gasteiger partial charge in [0.15, 0.2) is 5.17 Å². The SMILES string of the molecule is O=C1N=C(N2CCN(c3ccccc3[N+](=O)[O-])CC2)SC1=Cc1ccc(-c2cccc([N+](=O)[O-])c2)o1. The number of anilines is 1. The summed E-state index contributed by atoms with van der Waals surface area (Å²) in [7, 11) is 0. The number of furan rings is 1. The molecule has 0 unspecified atom stereocenters. The number of benzene rings is 2. The summed E-state index contributed by atoms with van der Waals surface area (Å²) in [6.07, 6.45) is 1.61. The van der Waals surface area contributed by atoms with E-state index in [1.54, 1.807) is 48.5 Å². The highest BCUT2D eigenvalue weighted by Crippen LogP contribution is 2.34. The van der Waals surface area contributed by atoms with E-state index in [1.807, 2.05) is 9.80 Å². The fourth-order valence-electron chi connectivity index (χ4n) is 4.05. The maximum absolute atomic E-state index is 12.5. The van der Waals surface area contributed by atoms with Gasteiger partial charge in [0, 0.05) is 56.0 Å². The summed E-state index contributed by atoms with van der Waals surface area (Å²) < 4.78 is 5.80. The number of nitrogens with zero attached hydrogens (tertiary/aromatic N) is 5. The van der Waals surface area contributed by atoms with Crippen LogP contribution in [0.4, 0.5) is 17.1 Å². The van der Waals surface area contributed by atoms with Crippen molar-refractivity contribution in [3.05, 3.63) is 91.6 Å². The van der Waals surface area contributed by atoms with Gasteiger partial charge in [0.2, 0.25) is 0 Å². The normalized spacial score (nSPS) is 16.9. The number of rotatable bonds is 5. The van der Waals surface area contributed by atoms with Crippen molar-refractivity contribution in [3.8, 4) is 11.3 Å². The first-order valence-corrected chi connectivity index (χ1v) is 11.8. The number of hydrogen-bond donors (Lipinski definition) is 0. The molecule has 0 saturated carbocycles. The Labute approximate surface area is 209 Å². The molecule has 3 aromatic rings. The Kier molecular flexibility index (Phi) is 6.25. The first-order valence-electron chi connectivity index (χ1n) is 11.0. The number of carbonyl (C=O) groups is 1. The van der Waals surface area contributed by atoms with Crippen LogP contribution in [0.1, 0.15) is 5.76 Å². The predicted octanol–water partition coefficient (Wildman–Crippen LogP) is 4.56. The molecule has 2 aliphatic heterocycles. The quantitative estimate of drug-likeness (QED) is 0.278. The van der Waals surface area contributed by atoms with Crippen LogP contribution in [0.2, 0.25) is 0 Å². The summed E-state index contributed by atoms with van der Waals surface area (Å²) >= 11 is 1.25. The first-order chi connectivity index (χ1) is 17.4. The molecule has 0 radical (unpaired) electrons. The molecule has 3 heterocycles. The van der Waals surface area contributed by atoms with Gasteiger partial charge in [0.1, 0.15) is 17.2 Å². The number of thioether (sulfide) groups is 1. The van der Waals surface area contributed by atoms with E-state index >= 15 is 0 Å². The number of piperazine rings is 1. The first kappa shape index (κ1) is 23.3. The number of nitro benzene ring substituents is 2. The van der Waals surface area contributed by atoms with E-state index in [-0.39, 0.29) is 22.2 Å². The number of hydrogen-bond acceptors (Lipinski definition) is 9. The highest BCUT2D eigenvalue weighted by molar-refractivity contribution is 8.18. The second-order valence-electron chi connectivity index (χ2n) is 8.04. The molecular weight excluding hydrogens is 486 g/mol. The number of amidine groups is 1. The van der Waals surface area contributed by atoms with Crippen molar-refractivity contribution in [1.29, 1.82) is 0 Å². The van der Waals surface area contributed by atoms with Gasteiger partial charge in [-0.15, -0.1) is 0 Å². The number of non-ortho nitro benzene ring substituents is 1. The molecule has 0 N–H and O–H groups in total. The Morgan fingerprint density at radius 2 is 1.67 bits per heavy atom. The monoisotopic (exact) mass is 505 g/mol. The van der Waals surface area contributed by atoms with Gasteiger partial charge in [0.25, 0.3) is 17.3 Å². The predicted molar refractivity (Wildman–Crippen MR) is 136 cm³/mol. The summed E-state index contributed by atoms with van der Waals surface area (Å²) in [5.74, 6) is 0.516. The van der Waals surface area contributed by atoms with Crippen molar-refractivity contribution in [1.82, 2.24) is 4.90 Å². The second kappa shape index (κ2) is 9.66. The van der Waals surface area contributed by atoms with Crippen molar-refractivity contribution < 1.29 is 19.1 Å². The molecule has 2 aromatic carbocycles. The van der Waals surface area contributed by atoms with Crippen LogP contribution < -0.4 is 4.90 Å². The second-order valence-corrected chi connectivity index (χ2v) is 9.05. The van der Waals surface area contributed by atoms with E-state index in [2.05, 4.69) is 4.99 Å². The van der Waals surface area contributed by atoms with Crippen LogP contribution in [0.5, 0.6) is 0 Å². The molecule has 0 spiro atoms. The molecule has 0 aliphatic carbocycles. The molecule has 182 valence electrons. The summed E-state index contributed by atoms with van der Waals surface area (Å²) in [5.41, 5.74) is 1.18. The van der Waals surface area contributed by atoms with Crippen LogP contribution in [0.3, 0.4) is 0 Å². The van der Waals surface area contributed by atoms with Gasteiger partial charge in [-0.3, -0.25) is 25.0 Å². The van der Waals surface area contributed by atoms with Gasteiger partial charge in [-0.05, 0) is 30.0 Å². The molecule has 36 heavy (non-hydrogen) atoms. The van der Waals surface area contributed by atoms with Crippen LogP contribution in [0.25, 0.3) is 17.4 Å². The van der Waals surface area contributed by atoms with Crippen LogP contribution >= 0.6 is 11.8 Å². The molecule has 5 rings (SSSR count). The van der Waals surface area contributed by atoms with Crippen LogP contribution in [-0.4, -0.2) is 52.0 Å². The highest BCUT2D eigenvalue weighted by Gasteiger charge is 2.30. The minimum atomic E-state index is -0.469. The lowest BCUT2D eigenvalue weighted by Crippen LogP contribution is -2.48. The molecule has 1 amide bonds. The minimum absolute atomic E-state index is 0.0367. The number of amides is 1. The minimum Gasteiger partial charge on any atom is -0.457 e. The lowest BCUT2D eigenvalue weighted by Gasteiger charge is -2.36. The molecule has 1 saturated heterocycles. The van der Waals surface area contributed by atoms with Crippen LogP contribution in [0.15, 0.2) is 75.0 Å². The molecule has 1 fully saturated rings. The lowest BCUT2D eigenvalue weighted by atomic mass is 10.1. The van der Waals surface area contributed by atoms with Crippen molar-refractivity contribution in [2.45, 2.75) is 0 Å². The average molecular weight is 506 g/mol. The van der Waals surface area contributed by atoms with Gasteiger partial charge < -0.3 is 14.2 Å². The molecule has 2 aliphatic rings. The van der Waals surface area contributed by atoms with E-state index < -0.39 is 4.92 Å². The Morgan fingerprint density at radius 1 is 0.917 bits per heavy atom. The number of para-hydroxylation sites is 2. The van der Waals surface area contributed by atoms with Crippen molar-refractivity contribution in [2.24, 2.45) is 4.99 Å². The Hall–Kier alpha value is -4.45. The third kappa shape index (κ3) is 4.70. The van der Waals surface area contributed by atoms with E-state index in [9.17, 15) is 25.0 Å². The summed E-state index contributed by atoms with van der Waals surface area (Å²) in [4.78, 5) is 42.6. The Balaban J connectivity index is 1.25. The molecule has 0 bridgehead atoms. The zero-order chi connectivity index (χ0) is 25.2. The number of nitro groups is 2. The van der Waals surface area contributed by atoms with Crippen molar-refractivity contribution in [3.63, 3.8) is 0 Å². The van der Waals surface area contributed by atoms with Crippen LogP contribution in [-0.2, 0) is 4.79 Å². The summed E-state index contributed by atoms with van der Waals surface area (Å²) in [5, 5.41) is 23.0. The van der Waals surface area contributed by atoms with Gasteiger partial charge >= 0.3 is 0 Å². The van der Waals surface area contributed by atoms with Crippen molar-refractivity contribution in [2.75, 3.05) is 31.1 Å². The van der Waals surface area contributed by atoms with E-state index in [0.29, 0.717) is 59.0 Å². The molecule has 1 aromatic heterocycles. The van der Waals surface area contributed by atoms with Gasteiger partial charge in [-0.1, -0.05) is 24.3 Å². The standard InChI is InChI=1S/C24H19N5O6S/c30-23-22(15-18-8-9-21(35-18)16-4-3-5-17(14-16)28(31)32)36-24(25-23)27-12-10-26(11-13-27)19-6-1-2-7-20(19)29(33)34/h1-9,14-15H,10-13H2. The van der Waals surface area contributed by atoms with Crippen molar-refractivity contribution >= 4 is 46.0 Å². The van der Waals surface area contributed by atoms with Crippen LogP contribution in [0, 0.1) is 20.2 Å². The fraction of sp³-hybridized carbons (Fsp3) is 0.167. The molecule has 0 atom stereocenters. The van der Waals surface area contributed by atoms with E-state index in [4.69, 9.17) is 4.42 Å². The molecule has 11 nitrogen and oxygen atoms in total. The number of aliphatic imine (C=N–C) groups is 1. The molecule has 12 heteroatoms. The third-order valence-corrected chi connectivity index (χ3v) is 6.86. The lowest BCUT2D eigenvalue weighted by molar-refractivity contribution is -0.384. The summed E-state index contributed by atoms with van der Waals surface area (Å²) in [6, 6.07) is 16.2. The number of carbonyl (C=O) groups excluding carboxylic acids is 1. The Bertz CT molecular complexity index is 1420. The van der Waals surface area contributed by atoms with E-state index in [0.717, 1.165) is 0 Å². The largest absolute Gasteiger partial charge is 0.457 e. The summed E-state index contributed by atoms with van der Waals surface area (Å²) in [6.45, 7) is 2.25.